The van der Waals surface area contributed by atoms with Crippen LogP contribution in [0.5, 0.6) is 0 Å². The van der Waals surface area contributed by atoms with E-state index in [9.17, 15) is 13.2 Å². The van der Waals surface area contributed by atoms with E-state index in [1.165, 1.54) is 7.11 Å². The second-order valence-electron chi connectivity index (χ2n) is 2.99. The summed E-state index contributed by atoms with van der Waals surface area (Å²) in [7, 11) is 1.37. The molecule has 0 fully saturated rings. The summed E-state index contributed by atoms with van der Waals surface area (Å²) in [6.07, 6.45) is -5.41. The summed E-state index contributed by atoms with van der Waals surface area (Å²) in [6.45, 7) is -0.529. The first kappa shape index (κ1) is 14.2. The average Bonchev–Trinajstić information content (AvgIpc) is 2.10. The minimum Gasteiger partial charge on any atom is -0.389 e. The second kappa shape index (κ2) is 6.61. The maximum Gasteiger partial charge on any atom is 0.405 e. The van der Waals surface area contributed by atoms with Gasteiger partial charge in [0.05, 0.1) is 18.8 Å². The van der Waals surface area contributed by atoms with Crippen molar-refractivity contribution in [2.24, 2.45) is 5.92 Å². The summed E-state index contributed by atoms with van der Waals surface area (Å²) in [5, 5.41) is 19.7. The van der Waals surface area contributed by atoms with E-state index >= 15 is 0 Å². The first-order valence-electron chi connectivity index (χ1n) is 4.25. The molecule has 2 N–H and O–H groups in total. The lowest BCUT2D eigenvalue weighted by Crippen LogP contribution is -2.37. The summed E-state index contributed by atoms with van der Waals surface area (Å²) < 4.78 is 40.7. The summed E-state index contributed by atoms with van der Waals surface area (Å²) in [5.74, 6) is -2.05. The zero-order valence-corrected chi connectivity index (χ0v) is 8.21. The van der Waals surface area contributed by atoms with Crippen LogP contribution < -0.4 is 5.32 Å². The van der Waals surface area contributed by atoms with Gasteiger partial charge in [-0.05, 0) is 0 Å². The number of aliphatic hydroxyl groups excluding tert-OH is 1. The number of halogens is 3. The van der Waals surface area contributed by atoms with Gasteiger partial charge in [0, 0.05) is 20.2 Å². The fraction of sp³-hybridized carbons (Fsp3) is 0.875. The summed E-state index contributed by atoms with van der Waals surface area (Å²) >= 11 is 0. The van der Waals surface area contributed by atoms with E-state index in [0.29, 0.717) is 0 Å². The largest absolute Gasteiger partial charge is 0.405 e. The molecular weight excluding hydrogens is 213 g/mol. The number of nitrogens with one attached hydrogen (secondary N) is 1. The molecule has 2 unspecified atom stereocenters. The summed E-state index contributed by atoms with van der Waals surface area (Å²) in [6, 6.07) is 1.15. The maximum absolute atomic E-state index is 12.0. The number of rotatable bonds is 6. The predicted molar refractivity (Wildman–Crippen MR) is 45.9 cm³/mol. The average molecular weight is 226 g/mol. The Bertz CT molecular complexity index is 215. The molecule has 0 heterocycles. The Labute approximate surface area is 85.6 Å². The molecule has 0 saturated carbocycles. The minimum atomic E-state index is -4.53. The highest BCUT2D eigenvalue weighted by atomic mass is 19.4. The standard InChI is InChI=1S/C8H13F3N2O2/c1-15-5-7(14)4-13-3-6(2-12)8(9,10)11/h6-7,13-14H,3-5H2,1H3. The number of hydrogen-bond donors (Lipinski definition) is 2. The Hall–Kier alpha value is -0.840. The molecule has 88 valence electrons. The number of methoxy groups -OCH3 is 1. The van der Waals surface area contributed by atoms with Crippen LogP contribution in [0.1, 0.15) is 0 Å². The molecule has 0 aromatic rings. The quantitative estimate of drug-likeness (QED) is 0.683. The van der Waals surface area contributed by atoms with Gasteiger partial charge >= 0.3 is 6.18 Å². The molecular formula is C8H13F3N2O2. The highest BCUT2D eigenvalue weighted by Gasteiger charge is 2.39. The lowest BCUT2D eigenvalue weighted by atomic mass is 10.1. The van der Waals surface area contributed by atoms with Crippen LogP contribution in [0.15, 0.2) is 0 Å². The van der Waals surface area contributed by atoms with E-state index in [1.54, 1.807) is 0 Å². The molecule has 0 saturated heterocycles. The van der Waals surface area contributed by atoms with E-state index in [0.717, 1.165) is 6.07 Å². The Balaban J connectivity index is 3.80. The second-order valence-corrected chi connectivity index (χ2v) is 2.99. The number of hydrogen-bond acceptors (Lipinski definition) is 4. The van der Waals surface area contributed by atoms with Crippen molar-refractivity contribution >= 4 is 0 Å². The van der Waals surface area contributed by atoms with Gasteiger partial charge in [-0.1, -0.05) is 0 Å². The topological polar surface area (TPSA) is 65.3 Å². The molecule has 0 bridgehead atoms. The van der Waals surface area contributed by atoms with E-state index in [1.807, 2.05) is 0 Å². The molecule has 7 heteroatoms. The highest BCUT2D eigenvalue weighted by molar-refractivity contribution is 4.89. The molecule has 0 spiro atoms. The Morgan fingerprint density at radius 2 is 2.07 bits per heavy atom. The minimum absolute atomic E-state index is 0.0379. The van der Waals surface area contributed by atoms with Gasteiger partial charge in [0.2, 0.25) is 0 Å². The van der Waals surface area contributed by atoms with Gasteiger partial charge in [-0.25, -0.2) is 0 Å². The van der Waals surface area contributed by atoms with Crippen LogP contribution in [0, 0.1) is 17.2 Å². The number of alkyl halides is 3. The number of nitriles is 1. The molecule has 4 nitrogen and oxygen atoms in total. The molecule has 0 rings (SSSR count). The van der Waals surface area contributed by atoms with E-state index in [2.05, 4.69) is 10.1 Å². The van der Waals surface area contributed by atoms with Crippen molar-refractivity contribution in [1.29, 1.82) is 5.26 Å². The van der Waals surface area contributed by atoms with Crippen molar-refractivity contribution in [3.8, 4) is 6.07 Å². The Kier molecular flexibility index (Phi) is 6.24. The van der Waals surface area contributed by atoms with E-state index in [4.69, 9.17) is 10.4 Å². The van der Waals surface area contributed by atoms with E-state index < -0.39 is 24.7 Å². The SMILES string of the molecule is COCC(O)CNCC(C#N)C(F)(F)F. The number of aliphatic hydroxyl groups is 1. The van der Waals surface area contributed by atoms with Crippen molar-refractivity contribution in [3.63, 3.8) is 0 Å². The molecule has 0 amide bonds. The number of ether oxygens (including phenoxy) is 1. The Morgan fingerprint density at radius 1 is 1.47 bits per heavy atom. The van der Waals surface area contributed by atoms with Crippen LogP contribution in [-0.2, 0) is 4.74 Å². The third-order valence-corrected chi connectivity index (χ3v) is 1.64. The lowest BCUT2D eigenvalue weighted by molar-refractivity contribution is -0.157. The summed E-state index contributed by atoms with van der Waals surface area (Å²) in [5.41, 5.74) is 0. The van der Waals surface area contributed by atoms with Gasteiger partial charge in [-0.3, -0.25) is 0 Å². The van der Waals surface area contributed by atoms with Crippen LogP contribution in [0.2, 0.25) is 0 Å². The van der Waals surface area contributed by atoms with Crippen molar-refractivity contribution < 1.29 is 23.0 Å². The zero-order chi connectivity index (χ0) is 11.9. The van der Waals surface area contributed by atoms with Gasteiger partial charge in [0.15, 0.2) is 5.92 Å². The van der Waals surface area contributed by atoms with Crippen molar-refractivity contribution in [3.05, 3.63) is 0 Å². The van der Waals surface area contributed by atoms with Crippen molar-refractivity contribution in [2.75, 3.05) is 26.8 Å². The fourth-order valence-electron chi connectivity index (χ4n) is 0.880. The van der Waals surface area contributed by atoms with Gasteiger partial charge in [-0.15, -0.1) is 0 Å². The van der Waals surface area contributed by atoms with Gasteiger partial charge in [0.25, 0.3) is 0 Å². The monoisotopic (exact) mass is 226 g/mol. The van der Waals surface area contributed by atoms with Gasteiger partial charge < -0.3 is 15.2 Å². The van der Waals surface area contributed by atoms with E-state index in [-0.39, 0.29) is 13.2 Å². The fourth-order valence-corrected chi connectivity index (χ4v) is 0.880. The molecule has 0 aliphatic carbocycles. The van der Waals surface area contributed by atoms with Crippen LogP contribution >= 0.6 is 0 Å². The van der Waals surface area contributed by atoms with Crippen molar-refractivity contribution in [2.45, 2.75) is 12.3 Å². The lowest BCUT2D eigenvalue weighted by Gasteiger charge is -2.15. The first-order chi connectivity index (χ1) is 6.91. The molecule has 15 heavy (non-hydrogen) atoms. The maximum atomic E-state index is 12.0. The third kappa shape index (κ3) is 6.28. The van der Waals surface area contributed by atoms with Crippen LogP contribution in [0.25, 0.3) is 0 Å². The first-order valence-corrected chi connectivity index (χ1v) is 4.25. The highest BCUT2D eigenvalue weighted by Crippen LogP contribution is 2.24. The van der Waals surface area contributed by atoms with Gasteiger partial charge in [-0.2, -0.15) is 18.4 Å². The molecule has 0 aliphatic rings. The predicted octanol–water partition coefficient (Wildman–Crippen LogP) is 0.285. The van der Waals surface area contributed by atoms with Crippen LogP contribution in [-0.4, -0.2) is 44.2 Å². The third-order valence-electron chi connectivity index (χ3n) is 1.64. The van der Waals surface area contributed by atoms with Crippen LogP contribution in [0.4, 0.5) is 13.2 Å². The zero-order valence-electron chi connectivity index (χ0n) is 8.21. The normalized spacial score (nSPS) is 15.7. The molecule has 0 aliphatic heterocycles. The molecule has 2 atom stereocenters. The van der Waals surface area contributed by atoms with Gasteiger partial charge in [0.1, 0.15) is 0 Å². The van der Waals surface area contributed by atoms with Crippen molar-refractivity contribution in [1.82, 2.24) is 5.32 Å². The van der Waals surface area contributed by atoms with Crippen LogP contribution in [0.3, 0.4) is 0 Å². The number of nitrogens with zero attached hydrogens (tertiary/aromatic N) is 1. The molecule has 0 aromatic heterocycles. The smallest absolute Gasteiger partial charge is 0.389 e. The molecule has 0 aromatic carbocycles. The molecule has 0 radical (unpaired) electrons. The Morgan fingerprint density at radius 3 is 2.47 bits per heavy atom. The summed E-state index contributed by atoms with van der Waals surface area (Å²) in [4.78, 5) is 0.